The lowest BCUT2D eigenvalue weighted by Gasteiger charge is -2.24. The molecule has 6 heteroatoms. The molecule has 0 saturated heterocycles. The molecule has 0 aromatic heterocycles. The van der Waals surface area contributed by atoms with Crippen molar-refractivity contribution in [2.45, 2.75) is 66.1 Å². The van der Waals surface area contributed by atoms with Crippen LogP contribution in [0.5, 0.6) is 0 Å². The summed E-state index contributed by atoms with van der Waals surface area (Å²) in [7, 11) is 0. The number of carbonyl (C=O) groups is 2. The highest BCUT2D eigenvalue weighted by Gasteiger charge is 2.25. The maximum atomic E-state index is 12.2. The number of hydrogen-bond donors (Lipinski definition) is 4. The summed E-state index contributed by atoms with van der Waals surface area (Å²) in [6.45, 7) is 12.8. The standard InChI is InChI=1S/C16H34N4O2/c1-7-18-16(22)14(11(4)5)20-15(21)12(6)19-9-13(17)8-10(2)3/h10-14,19H,7-9,17H2,1-6H3,(H,18,22)(H,20,21)/t12-,13-,14-/m0/s1. The summed E-state index contributed by atoms with van der Waals surface area (Å²) in [4.78, 5) is 24.2. The van der Waals surface area contributed by atoms with Crippen LogP contribution < -0.4 is 21.7 Å². The fraction of sp³-hybridized carbons (Fsp3) is 0.875. The van der Waals surface area contributed by atoms with Gasteiger partial charge in [-0.2, -0.15) is 0 Å². The third-order valence-corrected chi connectivity index (χ3v) is 3.45. The molecule has 0 aromatic carbocycles. The van der Waals surface area contributed by atoms with Crippen LogP contribution in [0.4, 0.5) is 0 Å². The monoisotopic (exact) mass is 314 g/mol. The average molecular weight is 314 g/mol. The summed E-state index contributed by atoms with van der Waals surface area (Å²) in [5.41, 5.74) is 6.00. The summed E-state index contributed by atoms with van der Waals surface area (Å²) in [5, 5.41) is 8.69. The molecule has 0 aliphatic carbocycles. The number of carbonyl (C=O) groups excluding carboxylic acids is 2. The highest BCUT2D eigenvalue weighted by molar-refractivity contribution is 5.89. The minimum Gasteiger partial charge on any atom is -0.355 e. The zero-order chi connectivity index (χ0) is 17.3. The van der Waals surface area contributed by atoms with Crippen molar-refractivity contribution in [3.05, 3.63) is 0 Å². The van der Waals surface area contributed by atoms with Crippen LogP contribution in [0.15, 0.2) is 0 Å². The summed E-state index contributed by atoms with van der Waals surface area (Å²) in [5.74, 6) is 0.242. The SMILES string of the molecule is CCNC(=O)[C@@H](NC(=O)[C@H](C)NC[C@@H](N)CC(C)C)C(C)C. The third-order valence-electron chi connectivity index (χ3n) is 3.45. The van der Waals surface area contributed by atoms with Gasteiger partial charge in [-0.25, -0.2) is 0 Å². The van der Waals surface area contributed by atoms with Gasteiger partial charge < -0.3 is 21.7 Å². The minimum atomic E-state index is -0.513. The van der Waals surface area contributed by atoms with Crippen molar-refractivity contribution in [3.63, 3.8) is 0 Å². The van der Waals surface area contributed by atoms with Crippen LogP contribution in [0.2, 0.25) is 0 Å². The predicted octanol–water partition coefficient (Wildman–Crippen LogP) is 0.615. The second-order valence-electron chi connectivity index (χ2n) is 6.64. The highest BCUT2D eigenvalue weighted by atomic mass is 16.2. The lowest BCUT2D eigenvalue weighted by atomic mass is 10.0. The number of rotatable bonds is 10. The Balaban J connectivity index is 4.39. The third kappa shape index (κ3) is 8.34. The van der Waals surface area contributed by atoms with Gasteiger partial charge >= 0.3 is 0 Å². The van der Waals surface area contributed by atoms with E-state index in [0.29, 0.717) is 19.0 Å². The quantitative estimate of drug-likeness (QED) is 0.475. The van der Waals surface area contributed by atoms with Crippen molar-refractivity contribution in [1.82, 2.24) is 16.0 Å². The first-order valence-electron chi connectivity index (χ1n) is 8.26. The van der Waals surface area contributed by atoms with Crippen molar-refractivity contribution in [1.29, 1.82) is 0 Å². The van der Waals surface area contributed by atoms with Gasteiger partial charge in [-0.3, -0.25) is 9.59 Å². The molecule has 0 bridgehead atoms. The van der Waals surface area contributed by atoms with E-state index in [4.69, 9.17) is 5.73 Å². The first kappa shape index (κ1) is 20.9. The normalized spacial score (nSPS) is 15.5. The Kier molecular flexibility index (Phi) is 10.0. The molecule has 130 valence electrons. The number of amides is 2. The van der Waals surface area contributed by atoms with Gasteiger partial charge in [0.2, 0.25) is 11.8 Å². The number of nitrogens with two attached hydrogens (primary N) is 1. The Hall–Kier alpha value is -1.14. The molecular formula is C16H34N4O2. The maximum absolute atomic E-state index is 12.2. The molecule has 0 rings (SSSR count). The van der Waals surface area contributed by atoms with E-state index < -0.39 is 6.04 Å². The smallest absolute Gasteiger partial charge is 0.242 e. The molecule has 5 N–H and O–H groups in total. The van der Waals surface area contributed by atoms with Gasteiger partial charge in [-0.05, 0) is 32.1 Å². The minimum absolute atomic E-state index is 0.0273. The van der Waals surface area contributed by atoms with E-state index in [1.165, 1.54) is 0 Å². The first-order chi connectivity index (χ1) is 10.2. The molecule has 22 heavy (non-hydrogen) atoms. The summed E-state index contributed by atoms with van der Waals surface area (Å²) in [6, 6.07) is -0.866. The van der Waals surface area contributed by atoms with E-state index in [2.05, 4.69) is 29.8 Å². The van der Waals surface area contributed by atoms with Crippen LogP contribution in [0.25, 0.3) is 0 Å². The van der Waals surface area contributed by atoms with Gasteiger partial charge in [0.1, 0.15) is 6.04 Å². The predicted molar refractivity (Wildman–Crippen MR) is 90.3 cm³/mol. The summed E-state index contributed by atoms with van der Waals surface area (Å²) in [6.07, 6.45) is 0.912. The molecule has 0 heterocycles. The lowest BCUT2D eigenvalue weighted by Crippen LogP contribution is -2.54. The molecule has 0 spiro atoms. The first-order valence-corrected chi connectivity index (χ1v) is 8.26. The van der Waals surface area contributed by atoms with Crippen molar-refractivity contribution < 1.29 is 9.59 Å². The van der Waals surface area contributed by atoms with Gasteiger partial charge in [0.05, 0.1) is 6.04 Å². The Morgan fingerprint density at radius 1 is 1.05 bits per heavy atom. The van der Waals surface area contributed by atoms with E-state index in [1.54, 1.807) is 6.92 Å². The van der Waals surface area contributed by atoms with Crippen LogP contribution in [0.3, 0.4) is 0 Å². The molecule has 0 aliphatic rings. The molecule has 0 saturated carbocycles. The Labute approximate surface area is 135 Å². The second-order valence-corrected chi connectivity index (χ2v) is 6.64. The topological polar surface area (TPSA) is 96.2 Å². The Morgan fingerprint density at radius 2 is 1.64 bits per heavy atom. The fourth-order valence-corrected chi connectivity index (χ4v) is 2.21. The summed E-state index contributed by atoms with van der Waals surface area (Å²) < 4.78 is 0. The number of nitrogens with one attached hydrogen (secondary N) is 3. The van der Waals surface area contributed by atoms with Gasteiger partial charge in [-0.15, -0.1) is 0 Å². The molecule has 0 aliphatic heterocycles. The van der Waals surface area contributed by atoms with Crippen LogP contribution in [0, 0.1) is 11.8 Å². The van der Waals surface area contributed by atoms with Crippen LogP contribution in [-0.2, 0) is 9.59 Å². The second kappa shape index (κ2) is 10.6. The van der Waals surface area contributed by atoms with E-state index >= 15 is 0 Å². The van der Waals surface area contributed by atoms with Crippen LogP contribution in [0.1, 0.15) is 48.0 Å². The molecule has 2 amide bonds. The Morgan fingerprint density at radius 3 is 2.09 bits per heavy atom. The zero-order valence-electron chi connectivity index (χ0n) is 14.9. The van der Waals surface area contributed by atoms with E-state index in [9.17, 15) is 9.59 Å². The molecular weight excluding hydrogens is 280 g/mol. The van der Waals surface area contributed by atoms with E-state index in [0.717, 1.165) is 6.42 Å². The van der Waals surface area contributed by atoms with Gasteiger partial charge in [-0.1, -0.05) is 27.7 Å². The van der Waals surface area contributed by atoms with Gasteiger partial charge in [0.25, 0.3) is 0 Å². The molecule has 0 aromatic rings. The number of likely N-dealkylation sites (N-methyl/N-ethyl adjacent to an activating group) is 1. The van der Waals surface area contributed by atoms with E-state index in [1.807, 2.05) is 20.8 Å². The largest absolute Gasteiger partial charge is 0.355 e. The van der Waals surface area contributed by atoms with Crippen LogP contribution >= 0.6 is 0 Å². The average Bonchev–Trinajstić information content (AvgIpc) is 2.40. The molecule has 0 unspecified atom stereocenters. The summed E-state index contributed by atoms with van der Waals surface area (Å²) >= 11 is 0. The van der Waals surface area contributed by atoms with Crippen molar-refractivity contribution in [2.75, 3.05) is 13.1 Å². The van der Waals surface area contributed by atoms with Crippen molar-refractivity contribution in [2.24, 2.45) is 17.6 Å². The maximum Gasteiger partial charge on any atom is 0.242 e. The number of hydrogen-bond acceptors (Lipinski definition) is 4. The molecule has 0 fully saturated rings. The Bertz CT molecular complexity index is 345. The molecule has 6 nitrogen and oxygen atoms in total. The molecule has 3 atom stereocenters. The fourth-order valence-electron chi connectivity index (χ4n) is 2.21. The zero-order valence-corrected chi connectivity index (χ0v) is 14.9. The van der Waals surface area contributed by atoms with Gasteiger partial charge in [0.15, 0.2) is 0 Å². The van der Waals surface area contributed by atoms with Crippen molar-refractivity contribution >= 4 is 11.8 Å². The highest BCUT2D eigenvalue weighted by Crippen LogP contribution is 2.04. The van der Waals surface area contributed by atoms with Gasteiger partial charge in [0, 0.05) is 19.1 Å². The van der Waals surface area contributed by atoms with Crippen molar-refractivity contribution in [3.8, 4) is 0 Å². The van der Waals surface area contributed by atoms with Crippen LogP contribution in [-0.4, -0.2) is 43.0 Å². The lowest BCUT2D eigenvalue weighted by molar-refractivity contribution is -0.130. The van der Waals surface area contributed by atoms with E-state index in [-0.39, 0.29) is 29.8 Å². The molecule has 0 radical (unpaired) electrons.